The highest BCUT2D eigenvalue weighted by molar-refractivity contribution is 5.98. The van der Waals surface area contributed by atoms with E-state index in [0.717, 1.165) is 0 Å². The summed E-state index contributed by atoms with van der Waals surface area (Å²) in [5, 5.41) is 8.52. The van der Waals surface area contributed by atoms with Gasteiger partial charge in [-0.25, -0.2) is 10.5 Å². The van der Waals surface area contributed by atoms with Crippen molar-refractivity contribution in [2.75, 3.05) is 13.4 Å². The number of nitrogens with one attached hydrogen (secondary N) is 1. The van der Waals surface area contributed by atoms with Gasteiger partial charge in [0, 0.05) is 5.56 Å². The summed E-state index contributed by atoms with van der Waals surface area (Å²) < 4.78 is 15.8. The SMILES string of the molecule is O=C(NO)C1COC(c2ccc3c(c2)OCO3)=N1. The summed E-state index contributed by atoms with van der Waals surface area (Å²) >= 11 is 0. The monoisotopic (exact) mass is 250 g/mol. The van der Waals surface area contributed by atoms with Crippen LogP contribution >= 0.6 is 0 Å². The Bertz CT molecular complexity index is 528. The molecule has 2 heterocycles. The van der Waals surface area contributed by atoms with E-state index in [2.05, 4.69) is 4.99 Å². The largest absolute Gasteiger partial charge is 0.475 e. The van der Waals surface area contributed by atoms with Gasteiger partial charge in [0.1, 0.15) is 6.61 Å². The molecule has 0 saturated heterocycles. The lowest BCUT2D eigenvalue weighted by Gasteiger charge is -2.02. The number of rotatable bonds is 2. The van der Waals surface area contributed by atoms with Crippen molar-refractivity contribution in [2.45, 2.75) is 6.04 Å². The van der Waals surface area contributed by atoms with Gasteiger partial charge in [-0.15, -0.1) is 0 Å². The number of hydroxylamine groups is 1. The van der Waals surface area contributed by atoms with Gasteiger partial charge >= 0.3 is 0 Å². The van der Waals surface area contributed by atoms with Crippen LogP contribution in [0.2, 0.25) is 0 Å². The third-order valence-electron chi connectivity index (χ3n) is 2.68. The van der Waals surface area contributed by atoms with Gasteiger partial charge < -0.3 is 14.2 Å². The van der Waals surface area contributed by atoms with E-state index in [1.807, 2.05) is 0 Å². The number of aliphatic imine (C=N–C) groups is 1. The van der Waals surface area contributed by atoms with Crippen LogP contribution < -0.4 is 15.0 Å². The fraction of sp³-hybridized carbons (Fsp3) is 0.273. The highest BCUT2D eigenvalue weighted by Crippen LogP contribution is 2.33. The Morgan fingerprint density at radius 3 is 3.00 bits per heavy atom. The van der Waals surface area contributed by atoms with Crippen LogP contribution in [0.25, 0.3) is 0 Å². The molecule has 1 unspecified atom stereocenters. The lowest BCUT2D eigenvalue weighted by Crippen LogP contribution is -2.31. The number of amides is 1. The average molecular weight is 250 g/mol. The number of carbonyl (C=O) groups is 1. The quantitative estimate of drug-likeness (QED) is 0.572. The molecule has 0 fully saturated rings. The second kappa shape index (κ2) is 4.19. The second-order valence-electron chi connectivity index (χ2n) is 3.81. The molecule has 0 bridgehead atoms. The van der Waals surface area contributed by atoms with Crippen molar-refractivity contribution in [3.8, 4) is 11.5 Å². The van der Waals surface area contributed by atoms with Gasteiger partial charge in [0.05, 0.1) is 0 Å². The minimum Gasteiger partial charge on any atom is -0.475 e. The zero-order valence-electron chi connectivity index (χ0n) is 9.25. The number of carbonyl (C=O) groups excluding carboxylic acids is 1. The molecule has 1 aromatic carbocycles. The maximum absolute atomic E-state index is 11.2. The van der Waals surface area contributed by atoms with Crippen molar-refractivity contribution in [1.29, 1.82) is 0 Å². The molecule has 0 aliphatic carbocycles. The minimum atomic E-state index is -0.726. The van der Waals surface area contributed by atoms with Crippen LogP contribution in [0.1, 0.15) is 5.56 Å². The molecule has 94 valence electrons. The summed E-state index contributed by atoms with van der Waals surface area (Å²) in [5.74, 6) is 1.04. The van der Waals surface area contributed by atoms with Gasteiger partial charge in [-0.3, -0.25) is 10.0 Å². The summed E-state index contributed by atoms with van der Waals surface area (Å²) in [4.78, 5) is 15.3. The molecular formula is C11H10N2O5. The average Bonchev–Trinajstić information content (AvgIpc) is 3.05. The van der Waals surface area contributed by atoms with E-state index in [1.165, 1.54) is 0 Å². The van der Waals surface area contributed by atoms with Crippen LogP contribution in [0.5, 0.6) is 11.5 Å². The molecule has 0 saturated carbocycles. The van der Waals surface area contributed by atoms with Crippen LogP contribution in [0, 0.1) is 0 Å². The maximum Gasteiger partial charge on any atom is 0.271 e. The smallest absolute Gasteiger partial charge is 0.271 e. The number of hydrogen-bond donors (Lipinski definition) is 2. The molecule has 18 heavy (non-hydrogen) atoms. The molecule has 2 N–H and O–H groups in total. The third kappa shape index (κ3) is 1.74. The molecule has 2 aliphatic heterocycles. The molecule has 2 aliphatic rings. The van der Waals surface area contributed by atoms with Gasteiger partial charge in [-0.1, -0.05) is 0 Å². The number of benzene rings is 1. The first-order valence-electron chi connectivity index (χ1n) is 5.32. The lowest BCUT2D eigenvalue weighted by atomic mass is 10.2. The Morgan fingerprint density at radius 2 is 2.17 bits per heavy atom. The van der Waals surface area contributed by atoms with Crippen molar-refractivity contribution in [2.24, 2.45) is 4.99 Å². The zero-order chi connectivity index (χ0) is 12.5. The Labute approximate surface area is 102 Å². The fourth-order valence-electron chi connectivity index (χ4n) is 1.77. The van der Waals surface area contributed by atoms with E-state index in [4.69, 9.17) is 19.4 Å². The van der Waals surface area contributed by atoms with E-state index in [0.29, 0.717) is 23.0 Å². The van der Waals surface area contributed by atoms with Gasteiger partial charge in [0.25, 0.3) is 5.91 Å². The molecule has 0 aromatic heterocycles. The molecule has 0 spiro atoms. The van der Waals surface area contributed by atoms with E-state index in [-0.39, 0.29) is 13.4 Å². The highest BCUT2D eigenvalue weighted by Gasteiger charge is 2.27. The van der Waals surface area contributed by atoms with Gasteiger partial charge in [-0.2, -0.15) is 0 Å². The second-order valence-corrected chi connectivity index (χ2v) is 3.81. The van der Waals surface area contributed by atoms with Gasteiger partial charge in [0.2, 0.25) is 12.7 Å². The van der Waals surface area contributed by atoms with Crippen molar-refractivity contribution in [1.82, 2.24) is 5.48 Å². The zero-order valence-corrected chi connectivity index (χ0v) is 9.25. The maximum atomic E-state index is 11.2. The molecule has 1 amide bonds. The molecule has 0 radical (unpaired) electrons. The highest BCUT2D eigenvalue weighted by atomic mass is 16.7. The Morgan fingerprint density at radius 1 is 1.33 bits per heavy atom. The predicted molar refractivity (Wildman–Crippen MR) is 58.8 cm³/mol. The molecule has 7 heteroatoms. The van der Waals surface area contributed by atoms with Gasteiger partial charge in [-0.05, 0) is 18.2 Å². The van der Waals surface area contributed by atoms with Crippen LogP contribution in [-0.2, 0) is 9.53 Å². The molecule has 1 aromatic rings. The van der Waals surface area contributed by atoms with Crippen molar-refractivity contribution >= 4 is 11.8 Å². The Kier molecular flexibility index (Phi) is 2.52. The van der Waals surface area contributed by atoms with Crippen molar-refractivity contribution in [3.63, 3.8) is 0 Å². The Hall–Kier alpha value is -2.28. The number of fused-ring (bicyclic) bond motifs is 1. The fourth-order valence-corrected chi connectivity index (χ4v) is 1.77. The normalized spacial score (nSPS) is 20.3. The van der Waals surface area contributed by atoms with Crippen LogP contribution in [-0.4, -0.2) is 36.5 Å². The molecule has 1 atom stereocenters. The van der Waals surface area contributed by atoms with E-state index < -0.39 is 11.9 Å². The summed E-state index contributed by atoms with van der Waals surface area (Å²) in [5.41, 5.74) is 2.25. The first kappa shape index (κ1) is 10.8. The minimum absolute atomic E-state index is 0.107. The standard InChI is InChI=1S/C11H10N2O5/c14-10(13-15)7-4-16-11(12-7)6-1-2-8-9(3-6)18-5-17-8/h1-3,7,15H,4-5H2,(H,13,14). The molecule has 7 nitrogen and oxygen atoms in total. The summed E-state index contributed by atoms with van der Waals surface area (Å²) in [6, 6.07) is 4.53. The topological polar surface area (TPSA) is 89.4 Å². The van der Waals surface area contributed by atoms with E-state index in [1.54, 1.807) is 23.7 Å². The number of nitrogens with zero attached hydrogens (tertiary/aromatic N) is 1. The van der Waals surface area contributed by atoms with Crippen LogP contribution in [0.4, 0.5) is 0 Å². The number of ether oxygens (including phenoxy) is 3. The van der Waals surface area contributed by atoms with Crippen molar-refractivity contribution < 1.29 is 24.2 Å². The lowest BCUT2D eigenvalue weighted by molar-refractivity contribution is -0.130. The number of hydrogen-bond acceptors (Lipinski definition) is 6. The van der Waals surface area contributed by atoms with Crippen LogP contribution in [0.15, 0.2) is 23.2 Å². The van der Waals surface area contributed by atoms with Gasteiger partial charge in [0.15, 0.2) is 17.5 Å². The van der Waals surface area contributed by atoms with Crippen molar-refractivity contribution in [3.05, 3.63) is 23.8 Å². The van der Waals surface area contributed by atoms with E-state index >= 15 is 0 Å². The third-order valence-corrected chi connectivity index (χ3v) is 2.68. The summed E-state index contributed by atoms with van der Waals surface area (Å²) in [6.07, 6.45) is 0. The summed E-state index contributed by atoms with van der Waals surface area (Å²) in [7, 11) is 0. The predicted octanol–water partition coefficient (Wildman–Crippen LogP) is 0.0661. The Balaban J connectivity index is 1.85. The molecular weight excluding hydrogens is 240 g/mol. The first-order chi connectivity index (χ1) is 8.78. The molecule has 3 rings (SSSR count). The van der Waals surface area contributed by atoms with Crippen LogP contribution in [0.3, 0.4) is 0 Å². The van der Waals surface area contributed by atoms with E-state index in [9.17, 15) is 4.79 Å². The first-order valence-corrected chi connectivity index (χ1v) is 5.32. The summed E-state index contributed by atoms with van der Waals surface area (Å²) in [6.45, 7) is 0.303.